The van der Waals surface area contributed by atoms with Gasteiger partial charge < -0.3 is 19.5 Å². The summed E-state index contributed by atoms with van der Waals surface area (Å²) in [6, 6.07) is 11.2. The summed E-state index contributed by atoms with van der Waals surface area (Å²) in [5, 5.41) is 4.83. The monoisotopic (exact) mass is 411 g/mol. The van der Waals surface area contributed by atoms with Crippen LogP contribution in [0.1, 0.15) is 0 Å². The van der Waals surface area contributed by atoms with Crippen LogP contribution in [0.15, 0.2) is 48.9 Å². The third kappa shape index (κ3) is 3.62. The van der Waals surface area contributed by atoms with Crippen LogP contribution in [0.2, 0.25) is 5.02 Å². The number of benzene rings is 2. The van der Waals surface area contributed by atoms with Crippen LogP contribution >= 0.6 is 11.6 Å². The third-order valence-corrected chi connectivity index (χ3v) is 4.59. The molecule has 4 rings (SSSR count). The van der Waals surface area contributed by atoms with Gasteiger partial charge in [-0.3, -0.25) is 4.57 Å². The Balaban J connectivity index is 1.70. The van der Waals surface area contributed by atoms with Crippen molar-refractivity contribution < 1.29 is 14.2 Å². The number of aromatic nitrogens is 4. The molecule has 0 saturated carbocycles. The third-order valence-electron chi connectivity index (χ3n) is 4.35. The summed E-state index contributed by atoms with van der Waals surface area (Å²) in [6.45, 7) is 0. The van der Waals surface area contributed by atoms with Gasteiger partial charge in [-0.15, -0.1) is 0 Å². The van der Waals surface area contributed by atoms with Crippen molar-refractivity contribution >= 4 is 34.1 Å². The van der Waals surface area contributed by atoms with Gasteiger partial charge in [0.05, 0.1) is 26.8 Å². The summed E-state index contributed by atoms with van der Waals surface area (Å²) in [6.07, 6.45) is 3.33. The number of ether oxygens (including phenoxy) is 3. The Bertz CT molecular complexity index is 1150. The van der Waals surface area contributed by atoms with Crippen LogP contribution in [-0.2, 0) is 0 Å². The fourth-order valence-electron chi connectivity index (χ4n) is 3.02. The summed E-state index contributed by atoms with van der Waals surface area (Å²) >= 11 is 6.14. The number of hydrogen-bond acceptors (Lipinski definition) is 7. The highest BCUT2D eigenvalue weighted by atomic mass is 35.5. The highest BCUT2D eigenvalue weighted by Crippen LogP contribution is 2.40. The number of nitrogens with one attached hydrogen (secondary N) is 1. The standard InChI is InChI=1S/C20H18ClN5O3/c1-27-16-9-14(10-17(28-2)18(16)29-3)24-19-22-11-23-20(25-19)26-7-6-12-4-5-13(21)8-15(12)26/h4-11H,1-3H3,(H,22,23,24,25). The molecule has 4 aromatic rings. The van der Waals surface area contributed by atoms with E-state index < -0.39 is 0 Å². The van der Waals surface area contributed by atoms with Gasteiger partial charge in [0.25, 0.3) is 0 Å². The zero-order valence-electron chi connectivity index (χ0n) is 16.0. The zero-order valence-corrected chi connectivity index (χ0v) is 16.8. The molecule has 0 saturated heterocycles. The van der Waals surface area contributed by atoms with E-state index in [9.17, 15) is 0 Å². The molecule has 2 aromatic carbocycles. The van der Waals surface area contributed by atoms with E-state index in [1.165, 1.54) is 6.33 Å². The number of anilines is 2. The lowest BCUT2D eigenvalue weighted by Gasteiger charge is -2.14. The maximum Gasteiger partial charge on any atom is 0.238 e. The highest BCUT2D eigenvalue weighted by Gasteiger charge is 2.14. The van der Waals surface area contributed by atoms with E-state index in [-0.39, 0.29) is 0 Å². The molecule has 0 bridgehead atoms. The summed E-state index contributed by atoms with van der Waals surface area (Å²) in [4.78, 5) is 13.0. The minimum absolute atomic E-state index is 0.369. The maximum atomic E-state index is 6.14. The molecule has 9 heteroatoms. The second kappa shape index (κ2) is 7.84. The second-order valence-corrected chi connectivity index (χ2v) is 6.47. The number of fused-ring (bicyclic) bond motifs is 1. The van der Waals surface area contributed by atoms with Crippen molar-refractivity contribution in [3.8, 4) is 23.2 Å². The molecule has 0 unspecified atom stereocenters. The van der Waals surface area contributed by atoms with Gasteiger partial charge in [0.2, 0.25) is 17.6 Å². The average Bonchev–Trinajstić information content (AvgIpc) is 3.16. The van der Waals surface area contributed by atoms with Crippen LogP contribution < -0.4 is 19.5 Å². The van der Waals surface area contributed by atoms with Crippen LogP contribution in [0.4, 0.5) is 11.6 Å². The van der Waals surface area contributed by atoms with Crippen molar-refractivity contribution in [1.82, 2.24) is 19.5 Å². The normalized spacial score (nSPS) is 10.8. The van der Waals surface area contributed by atoms with Gasteiger partial charge >= 0.3 is 0 Å². The number of hydrogen-bond donors (Lipinski definition) is 1. The molecule has 0 fully saturated rings. The number of nitrogens with zero attached hydrogens (tertiary/aromatic N) is 4. The lowest BCUT2D eigenvalue weighted by molar-refractivity contribution is 0.324. The second-order valence-electron chi connectivity index (χ2n) is 6.04. The van der Waals surface area contributed by atoms with E-state index in [1.54, 1.807) is 33.5 Å². The summed E-state index contributed by atoms with van der Waals surface area (Å²) in [5.41, 5.74) is 1.58. The lowest BCUT2D eigenvalue weighted by atomic mass is 10.2. The first-order valence-electron chi connectivity index (χ1n) is 8.66. The fourth-order valence-corrected chi connectivity index (χ4v) is 3.19. The largest absolute Gasteiger partial charge is 0.493 e. The van der Waals surface area contributed by atoms with Crippen LogP contribution in [0.3, 0.4) is 0 Å². The predicted molar refractivity (Wildman–Crippen MR) is 111 cm³/mol. The molecule has 29 heavy (non-hydrogen) atoms. The van der Waals surface area contributed by atoms with E-state index in [4.69, 9.17) is 25.8 Å². The molecule has 0 aliphatic heterocycles. The molecule has 0 radical (unpaired) electrons. The maximum absolute atomic E-state index is 6.14. The van der Waals surface area contributed by atoms with Gasteiger partial charge in [-0.25, -0.2) is 9.97 Å². The molecule has 0 spiro atoms. The van der Waals surface area contributed by atoms with Crippen LogP contribution in [-0.4, -0.2) is 40.8 Å². The van der Waals surface area contributed by atoms with Crippen molar-refractivity contribution in [1.29, 1.82) is 0 Å². The molecule has 2 aromatic heterocycles. The first-order chi connectivity index (χ1) is 14.1. The Hall–Kier alpha value is -3.52. The SMILES string of the molecule is COc1cc(Nc2ncnc(-n3ccc4ccc(Cl)cc43)n2)cc(OC)c1OC. The Morgan fingerprint density at radius 1 is 0.931 bits per heavy atom. The highest BCUT2D eigenvalue weighted by molar-refractivity contribution is 6.31. The molecule has 0 aliphatic rings. The minimum Gasteiger partial charge on any atom is -0.493 e. The van der Waals surface area contributed by atoms with Crippen molar-refractivity contribution in [2.45, 2.75) is 0 Å². The molecule has 1 N–H and O–H groups in total. The molecule has 0 atom stereocenters. The van der Waals surface area contributed by atoms with Crippen LogP contribution in [0, 0.1) is 0 Å². The van der Waals surface area contributed by atoms with Gasteiger partial charge in [-0.1, -0.05) is 17.7 Å². The van der Waals surface area contributed by atoms with E-state index in [0.717, 1.165) is 10.9 Å². The smallest absolute Gasteiger partial charge is 0.238 e. The van der Waals surface area contributed by atoms with Gasteiger partial charge in [0, 0.05) is 34.4 Å². The summed E-state index contributed by atoms with van der Waals surface area (Å²) in [5.74, 6) is 2.39. The number of halogens is 1. The average molecular weight is 412 g/mol. The van der Waals surface area contributed by atoms with Gasteiger partial charge in [-0.2, -0.15) is 4.98 Å². The Kier molecular flexibility index (Phi) is 5.09. The van der Waals surface area contributed by atoms with Crippen molar-refractivity contribution in [2.24, 2.45) is 0 Å². The van der Waals surface area contributed by atoms with Gasteiger partial charge in [0.1, 0.15) is 6.33 Å². The van der Waals surface area contributed by atoms with Crippen molar-refractivity contribution in [3.63, 3.8) is 0 Å². The summed E-state index contributed by atoms with van der Waals surface area (Å²) < 4.78 is 18.0. The van der Waals surface area contributed by atoms with Gasteiger partial charge in [0.15, 0.2) is 11.5 Å². The van der Waals surface area contributed by atoms with Crippen molar-refractivity contribution in [2.75, 3.05) is 26.6 Å². The minimum atomic E-state index is 0.369. The molecule has 0 aliphatic carbocycles. The molecular formula is C20H18ClN5O3. The van der Waals surface area contributed by atoms with E-state index in [2.05, 4.69) is 20.3 Å². The first kappa shape index (κ1) is 18.8. The number of rotatable bonds is 6. The quantitative estimate of drug-likeness (QED) is 0.508. The van der Waals surface area contributed by atoms with Crippen molar-refractivity contribution in [3.05, 3.63) is 53.9 Å². The zero-order chi connectivity index (χ0) is 20.4. The predicted octanol–water partition coefficient (Wildman–Crippen LogP) is 4.24. The fraction of sp³-hybridized carbons (Fsp3) is 0.150. The van der Waals surface area contributed by atoms with Crippen LogP contribution in [0.25, 0.3) is 16.9 Å². The van der Waals surface area contributed by atoms with E-state index in [0.29, 0.717) is 39.9 Å². The Morgan fingerprint density at radius 3 is 2.38 bits per heavy atom. The topological polar surface area (TPSA) is 83.3 Å². The van der Waals surface area contributed by atoms with E-state index in [1.807, 2.05) is 35.0 Å². The molecule has 148 valence electrons. The molecular weight excluding hydrogens is 394 g/mol. The molecule has 2 heterocycles. The van der Waals surface area contributed by atoms with Gasteiger partial charge in [-0.05, 0) is 18.2 Å². The van der Waals surface area contributed by atoms with E-state index >= 15 is 0 Å². The molecule has 0 amide bonds. The Labute approximate surface area is 172 Å². The first-order valence-corrected chi connectivity index (χ1v) is 9.04. The lowest BCUT2D eigenvalue weighted by Crippen LogP contribution is -2.05. The number of methoxy groups -OCH3 is 3. The summed E-state index contributed by atoms with van der Waals surface area (Å²) in [7, 11) is 4.67. The molecule has 8 nitrogen and oxygen atoms in total. The Morgan fingerprint density at radius 2 is 1.69 bits per heavy atom. The van der Waals surface area contributed by atoms with Crippen LogP contribution in [0.5, 0.6) is 17.2 Å².